The molecule has 0 amide bonds. The van der Waals surface area contributed by atoms with Crippen molar-refractivity contribution < 1.29 is 45.0 Å². The van der Waals surface area contributed by atoms with Crippen LogP contribution in [0.3, 0.4) is 0 Å². The molecule has 0 unspecified atom stereocenters. The Morgan fingerprint density at radius 3 is 1.10 bits per heavy atom. The summed E-state index contributed by atoms with van der Waals surface area (Å²) in [6.45, 7) is 3.50. The predicted molar refractivity (Wildman–Crippen MR) is 109 cm³/mol. The van der Waals surface area contributed by atoms with E-state index in [0.29, 0.717) is 25.7 Å². The highest BCUT2D eigenvalue weighted by atomic mass is 16.4. The molecule has 0 radical (unpaired) electrons. The van der Waals surface area contributed by atoms with Gasteiger partial charge in [0.15, 0.2) is 0 Å². The molecule has 0 saturated carbocycles. The molecular formula is C20H40O9. The monoisotopic (exact) mass is 424 g/mol. The topological polar surface area (TPSA) is 173 Å². The number of aliphatic hydroxyl groups is 3. The quantitative estimate of drug-likeness (QED) is 0.216. The summed E-state index contributed by atoms with van der Waals surface area (Å²) >= 11 is 0. The average molecular weight is 425 g/mol. The van der Waals surface area contributed by atoms with Gasteiger partial charge in [0, 0.05) is 24.7 Å². The Morgan fingerprint density at radius 1 is 0.586 bits per heavy atom. The van der Waals surface area contributed by atoms with E-state index in [-0.39, 0.29) is 32.7 Å². The maximum absolute atomic E-state index is 10.0. The molecule has 0 heterocycles. The van der Waals surface area contributed by atoms with Gasteiger partial charge < -0.3 is 30.6 Å². The lowest BCUT2D eigenvalue weighted by Crippen LogP contribution is -2.32. The molecule has 0 aliphatic rings. The largest absolute Gasteiger partial charge is 0.481 e. The highest BCUT2D eigenvalue weighted by Crippen LogP contribution is 2.18. The van der Waals surface area contributed by atoms with E-state index in [0.717, 1.165) is 12.8 Å². The maximum Gasteiger partial charge on any atom is 0.303 e. The molecule has 0 fully saturated rings. The fourth-order valence-electron chi connectivity index (χ4n) is 1.92. The van der Waals surface area contributed by atoms with Crippen molar-refractivity contribution in [2.45, 2.75) is 84.5 Å². The molecule has 0 aliphatic heterocycles. The Bertz CT molecular complexity index is 373. The zero-order valence-electron chi connectivity index (χ0n) is 17.8. The van der Waals surface area contributed by atoms with E-state index < -0.39 is 23.3 Å². The first-order valence-electron chi connectivity index (χ1n) is 10.1. The van der Waals surface area contributed by atoms with Crippen LogP contribution >= 0.6 is 0 Å². The fraction of sp³-hybridized carbons (Fsp3) is 0.850. The van der Waals surface area contributed by atoms with Crippen LogP contribution in [0.4, 0.5) is 0 Å². The predicted octanol–water partition coefficient (Wildman–Crippen LogP) is 2.51. The summed E-state index contributed by atoms with van der Waals surface area (Å²) in [6, 6.07) is 0. The highest BCUT2D eigenvalue weighted by Gasteiger charge is 2.24. The molecule has 0 atom stereocenters. The zero-order chi connectivity index (χ0) is 23.1. The van der Waals surface area contributed by atoms with E-state index in [1.165, 1.54) is 19.3 Å². The number of carbonyl (C=O) groups is 3. The summed E-state index contributed by atoms with van der Waals surface area (Å²) in [5.41, 5.74) is -0.667. The Labute approximate surface area is 173 Å². The van der Waals surface area contributed by atoms with E-state index >= 15 is 0 Å². The summed E-state index contributed by atoms with van der Waals surface area (Å²) in [5.74, 6) is -2.41. The van der Waals surface area contributed by atoms with Crippen LogP contribution in [0.25, 0.3) is 0 Å². The third kappa shape index (κ3) is 26.3. The van der Waals surface area contributed by atoms with Crippen molar-refractivity contribution in [2.75, 3.05) is 19.8 Å². The van der Waals surface area contributed by atoms with Crippen molar-refractivity contribution in [3.05, 3.63) is 0 Å². The van der Waals surface area contributed by atoms with Gasteiger partial charge in [-0.2, -0.15) is 0 Å². The zero-order valence-corrected chi connectivity index (χ0v) is 17.8. The van der Waals surface area contributed by atoms with Crippen molar-refractivity contribution >= 4 is 17.9 Å². The number of hydrogen-bond donors (Lipinski definition) is 6. The second kappa shape index (κ2) is 22.6. The van der Waals surface area contributed by atoms with Gasteiger partial charge in [0.1, 0.15) is 0 Å². The molecule has 0 aromatic carbocycles. The molecule has 0 aromatic heterocycles. The lowest BCUT2D eigenvalue weighted by atomic mass is 9.88. The number of hydrogen-bond acceptors (Lipinski definition) is 6. The highest BCUT2D eigenvalue weighted by molar-refractivity contribution is 5.68. The molecule has 29 heavy (non-hydrogen) atoms. The van der Waals surface area contributed by atoms with E-state index in [9.17, 15) is 14.4 Å². The molecule has 0 bridgehead atoms. The van der Waals surface area contributed by atoms with Gasteiger partial charge in [-0.25, -0.2) is 0 Å². The van der Waals surface area contributed by atoms with Crippen LogP contribution in [0.15, 0.2) is 0 Å². The Hall–Kier alpha value is -1.71. The summed E-state index contributed by atoms with van der Waals surface area (Å²) in [6.07, 6.45) is 7.50. The molecule has 0 aromatic rings. The smallest absolute Gasteiger partial charge is 0.303 e. The first-order valence-corrected chi connectivity index (χ1v) is 10.1. The Balaban J connectivity index is -0.000000350. The van der Waals surface area contributed by atoms with Crippen molar-refractivity contribution in [3.63, 3.8) is 0 Å². The van der Waals surface area contributed by atoms with Crippen LogP contribution in [-0.2, 0) is 14.4 Å². The molecule has 9 heteroatoms. The molecular weight excluding hydrogens is 384 g/mol. The number of carboxylic acid groups (broad SMARTS) is 3. The molecule has 0 spiro atoms. The van der Waals surface area contributed by atoms with E-state index in [1.807, 2.05) is 6.92 Å². The summed E-state index contributed by atoms with van der Waals surface area (Å²) in [4.78, 5) is 29.8. The third-order valence-corrected chi connectivity index (χ3v) is 4.28. The van der Waals surface area contributed by atoms with Gasteiger partial charge in [0.05, 0.1) is 19.8 Å². The second-order valence-electron chi connectivity index (χ2n) is 6.88. The minimum absolute atomic E-state index is 0.0628. The van der Waals surface area contributed by atoms with Crippen molar-refractivity contribution in [1.82, 2.24) is 0 Å². The summed E-state index contributed by atoms with van der Waals surface area (Å²) in [7, 11) is 0. The van der Waals surface area contributed by atoms with Crippen LogP contribution in [0.1, 0.15) is 84.5 Å². The number of carboxylic acids is 3. The first kappa shape index (κ1) is 32.0. The second-order valence-corrected chi connectivity index (χ2v) is 6.88. The normalized spacial score (nSPS) is 10.2. The van der Waals surface area contributed by atoms with Gasteiger partial charge in [-0.1, -0.05) is 39.5 Å². The number of unbranched alkanes of at least 4 members (excludes halogenated alkanes) is 5. The Morgan fingerprint density at radius 2 is 0.897 bits per heavy atom. The minimum Gasteiger partial charge on any atom is -0.481 e. The van der Waals surface area contributed by atoms with Gasteiger partial charge in [0.2, 0.25) is 0 Å². The molecule has 0 aliphatic carbocycles. The van der Waals surface area contributed by atoms with Crippen molar-refractivity contribution in [2.24, 2.45) is 5.41 Å². The maximum atomic E-state index is 10.0. The lowest BCUT2D eigenvalue weighted by molar-refractivity contribution is -0.139. The van der Waals surface area contributed by atoms with Crippen LogP contribution in [0, 0.1) is 5.41 Å². The summed E-state index contributed by atoms with van der Waals surface area (Å²) < 4.78 is 0. The van der Waals surface area contributed by atoms with E-state index in [2.05, 4.69) is 6.92 Å². The van der Waals surface area contributed by atoms with Gasteiger partial charge in [0.25, 0.3) is 0 Å². The van der Waals surface area contributed by atoms with Crippen LogP contribution in [0.2, 0.25) is 0 Å². The van der Waals surface area contributed by atoms with E-state index in [1.54, 1.807) is 0 Å². The standard InChI is InChI=1S/C8H16O2.C6H10O4.C6H14O3/c1-2-3-4-5-6-7-8(9)10;7-5(8)3-1-2-4-6(9)10;1-2-6(3-7,4-8)5-9/h2-7H2,1H3,(H,9,10);1-4H2,(H,7,8)(H,9,10);7-9H,2-5H2,1H3. The molecule has 174 valence electrons. The lowest BCUT2D eigenvalue weighted by Gasteiger charge is -2.24. The first-order chi connectivity index (χ1) is 13.6. The van der Waals surface area contributed by atoms with Crippen LogP contribution in [-0.4, -0.2) is 68.4 Å². The third-order valence-electron chi connectivity index (χ3n) is 4.28. The van der Waals surface area contributed by atoms with Gasteiger partial charge in [-0.05, 0) is 25.7 Å². The Kier molecular flexibility index (Phi) is 24.9. The van der Waals surface area contributed by atoms with Gasteiger partial charge in [-0.3, -0.25) is 14.4 Å². The molecule has 0 saturated heterocycles. The van der Waals surface area contributed by atoms with Crippen LogP contribution in [0.5, 0.6) is 0 Å². The average Bonchev–Trinajstić information content (AvgIpc) is 2.68. The van der Waals surface area contributed by atoms with Crippen molar-refractivity contribution in [3.8, 4) is 0 Å². The van der Waals surface area contributed by atoms with Crippen molar-refractivity contribution in [1.29, 1.82) is 0 Å². The number of aliphatic carboxylic acids is 3. The van der Waals surface area contributed by atoms with Gasteiger partial charge >= 0.3 is 17.9 Å². The van der Waals surface area contributed by atoms with E-state index in [4.69, 9.17) is 30.6 Å². The molecule has 9 nitrogen and oxygen atoms in total. The SMILES string of the molecule is CCC(CO)(CO)CO.CCCCCCCC(=O)O.O=C(O)CCCCC(=O)O. The molecule has 6 N–H and O–H groups in total. The summed E-state index contributed by atoms with van der Waals surface area (Å²) in [5, 5.41) is 50.5. The fourth-order valence-corrected chi connectivity index (χ4v) is 1.92. The van der Waals surface area contributed by atoms with Crippen LogP contribution < -0.4 is 0 Å². The number of rotatable bonds is 15. The number of aliphatic hydroxyl groups excluding tert-OH is 3. The van der Waals surface area contributed by atoms with Gasteiger partial charge in [-0.15, -0.1) is 0 Å². The minimum atomic E-state index is -0.870. The molecule has 0 rings (SSSR count).